The summed E-state index contributed by atoms with van der Waals surface area (Å²) in [5.74, 6) is -0.468. The van der Waals surface area contributed by atoms with Crippen LogP contribution in [-0.2, 0) is 22.2 Å². The monoisotopic (exact) mass is 369 g/mol. The Morgan fingerprint density at radius 2 is 2.08 bits per heavy atom. The van der Waals surface area contributed by atoms with Crippen LogP contribution in [0.5, 0.6) is 0 Å². The molecule has 1 saturated heterocycles. The number of hydrogen-bond acceptors (Lipinski definition) is 3. The summed E-state index contributed by atoms with van der Waals surface area (Å²) < 4.78 is 38.6. The molecule has 3 rings (SSSR count). The number of nitrogens with one attached hydrogen (secondary N) is 2. The second kappa shape index (κ2) is 7.55. The Morgan fingerprint density at radius 3 is 2.85 bits per heavy atom. The highest BCUT2D eigenvalue weighted by atomic mass is 19.4. The normalized spacial score (nSPS) is 20.8. The number of anilines is 1. The van der Waals surface area contributed by atoms with E-state index in [0.717, 1.165) is 25.0 Å². The van der Waals surface area contributed by atoms with E-state index in [9.17, 15) is 22.8 Å². The van der Waals surface area contributed by atoms with Crippen molar-refractivity contribution in [3.8, 4) is 0 Å². The highest BCUT2D eigenvalue weighted by molar-refractivity contribution is 5.89. The molecule has 0 aliphatic carbocycles. The smallest absolute Gasteiger partial charge is 0.362 e. The lowest BCUT2D eigenvalue weighted by Gasteiger charge is -2.31. The van der Waals surface area contributed by atoms with E-state index in [1.165, 1.54) is 6.07 Å². The summed E-state index contributed by atoms with van der Waals surface area (Å²) in [7, 11) is 0. The Morgan fingerprint density at radius 1 is 1.27 bits per heavy atom. The molecular formula is C18H22F3N3O2. The summed E-state index contributed by atoms with van der Waals surface area (Å²) in [5.41, 5.74) is 0.591. The van der Waals surface area contributed by atoms with E-state index in [4.69, 9.17) is 0 Å². The number of carbonyl (C=O) groups is 2. The fraction of sp³-hybridized carbons (Fsp3) is 0.556. The molecule has 0 aromatic heterocycles. The predicted octanol–water partition coefficient (Wildman–Crippen LogP) is 2.24. The van der Waals surface area contributed by atoms with Crippen molar-refractivity contribution in [3.63, 3.8) is 0 Å². The zero-order valence-corrected chi connectivity index (χ0v) is 14.4. The molecule has 1 atom stereocenters. The topological polar surface area (TPSA) is 61.4 Å². The number of hydrogen-bond donors (Lipinski definition) is 2. The molecule has 8 heteroatoms. The molecule has 2 heterocycles. The number of carbonyl (C=O) groups excluding carboxylic acids is 2. The van der Waals surface area contributed by atoms with Crippen LogP contribution in [0.4, 0.5) is 18.9 Å². The lowest BCUT2D eigenvalue weighted by Crippen LogP contribution is -2.49. The molecule has 2 aliphatic rings. The third-order valence-corrected chi connectivity index (χ3v) is 4.83. The summed E-state index contributed by atoms with van der Waals surface area (Å²) in [6.45, 7) is 1.25. The molecule has 1 aromatic carbocycles. The van der Waals surface area contributed by atoms with Gasteiger partial charge in [0.2, 0.25) is 11.8 Å². The molecule has 26 heavy (non-hydrogen) atoms. The molecule has 1 aromatic rings. The van der Waals surface area contributed by atoms with Gasteiger partial charge in [0.1, 0.15) is 6.04 Å². The largest absolute Gasteiger partial charge is 0.416 e. The van der Waals surface area contributed by atoms with Gasteiger partial charge in [-0.15, -0.1) is 0 Å². The molecule has 1 fully saturated rings. The summed E-state index contributed by atoms with van der Waals surface area (Å²) in [4.78, 5) is 26.1. The highest BCUT2D eigenvalue weighted by Gasteiger charge is 2.32. The second-order valence-corrected chi connectivity index (χ2v) is 6.77. The number of benzene rings is 1. The van der Waals surface area contributed by atoms with E-state index < -0.39 is 17.8 Å². The number of fused-ring (bicyclic) bond motifs is 1. The number of alkyl halides is 3. The van der Waals surface area contributed by atoms with Crippen molar-refractivity contribution in [1.82, 2.24) is 10.6 Å². The lowest BCUT2D eigenvalue weighted by molar-refractivity contribution is -0.137. The first-order valence-electron chi connectivity index (χ1n) is 8.87. The summed E-state index contributed by atoms with van der Waals surface area (Å²) in [6.07, 6.45) is -0.784. The van der Waals surface area contributed by atoms with Gasteiger partial charge in [0.25, 0.3) is 0 Å². The number of rotatable bonds is 3. The van der Waals surface area contributed by atoms with Crippen molar-refractivity contribution in [3.05, 3.63) is 29.3 Å². The Hall–Kier alpha value is -2.25. The zero-order chi connectivity index (χ0) is 18.7. The molecule has 0 spiro atoms. The molecule has 2 N–H and O–H groups in total. The van der Waals surface area contributed by atoms with Crippen LogP contribution < -0.4 is 15.5 Å². The van der Waals surface area contributed by atoms with Gasteiger partial charge in [-0.1, -0.05) is 0 Å². The average Bonchev–Trinajstić information content (AvgIpc) is 2.78. The molecule has 2 amide bonds. The summed E-state index contributed by atoms with van der Waals surface area (Å²) in [5, 5.41) is 5.52. The van der Waals surface area contributed by atoms with Gasteiger partial charge in [0.15, 0.2) is 0 Å². The van der Waals surface area contributed by atoms with E-state index in [-0.39, 0.29) is 18.4 Å². The summed E-state index contributed by atoms with van der Waals surface area (Å²) in [6, 6.07) is 3.11. The third-order valence-electron chi connectivity index (χ3n) is 4.83. The van der Waals surface area contributed by atoms with Crippen molar-refractivity contribution >= 4 is 17.5 Å². The van der Waals surface area contributed by atoms with Crippen LogP contribution in [0, 0.1) is 0 Å². The Bertz CT molecular complexity index is 691. The van der Waals surface area contributed by atoms with Gasteiger partial charge in [0.05, 0.1) is 12.1 Å². The van der Waals surface area contributed by atoms with Crippen LogP contribution in [-0.4, -0.2) is 37.5 Å². The number of halogens is 3. The molecule has 0 bridgehead atoms. The van der Waals surface area contributed by atoms with Crippen molar-refractivity contribution in [2.24, 2.45) is 0 Å². The van der Waals surface area contributed by atoms with Crippen molar-refractivity contribution in [2.75, 3.05) is 24.5 Å². The minimum Gasteiger partial charge on any atom is -0.362 e. The van der Waals surface area contributed by atoms with Gasteiger partial charge in [-0.05, 0) is 55.9 Å². The quantitative estimate of drug-likeness (QED) is 0.859. The fourth-order valence-electron chi connectivity index (χ4n) is 3.51. The number of nitrogens with zero attached hydrogens (tertiary/aromatic N) is 1. The summed E-state index contributed by atoms with van der Waals surface area (Å²) >= 11 is 0. The number of aryl methyl sites for hydroxylation is 1. The zero-order valence-electron chi connectivity index (χ0n) is 14.4. The molecule has 0 saturated carbocycles. The molecule has 1 unspecified atom stereocenters. The van der Waals surface area contributed by atoms with E-state index in [2.05, 4.69) is 10.6 Å². The van der Waals surface area contributed by atoms with Gasteiger partial charge in [-0.25, -0.2) is 0 Å². The minimum atomic E-state index is -4.37. The Labute approximate surface area is 149 Å². The van der Waals surface area contributed by atoms with Crippen LogP contribution in [0.3, 0.4) is 0 Å². The maximum absolute atomic E-state index is 12.9. The van der Waals surface area contributed by atoms with Crippen LogP contribution in [0.25, 0.3) is 0 Å². The van der Waals surface area contributed by atoms with E-state index in [1.807, 2.05) is 0 Å². The molecule has 0 radical (unpaired) electrons. The second-order valence-electron chi connectivity index (χ2n) is 6.77. The van der Waals surface area contributed by atoms with E-state index >= 15 is 0 Å². The minimum absolute atomic E-state index is 0.0299. The first-order chi connectivity index (χ1) is 12.3. The molecule has 5 nitrogen and oxygen atoms in total. The fourth-order valence-corrected chi connectivity index (χ4v) is 3.51. The van der Waals surface area contributed by atoms with Crippen molar-refractivity contribution in [1.29, 1.82) is 0 Å². The molecular weight excluding hydrogens is 347 g/mol. The standard InChI is InChI=1S/C18H22F3N3O2/c19-18(20,21)13-6-7-15-12(10-13)4-3-9-24(15)11-16(25)23-14-5-1-2-8-22-17(14)26/h6-7,10,14H,1-5,8-9,11H2,(H,22,26)(H,23,25). The Balaban J connectivity index is 1.67. The van der Waals surface area contributed by atoms with Gasteiger partial charge in [-0.2, -0.15) is 13.2 Å². The SMILES string of the molecule is O=C(CN1CCCc2cc(C(F)(F)F)ccc21)NC1CCCCNC1=O. The van der Waals surface area contributed by atoms with E-state index in [1.54, 1.807) is 4.90 Å². The van der Waals surface area contributed by atoms with Crippen LogP contribution in [0.15, 0.2) is 18.2 Å². The maximum Gasteiger partial charge on any atom is 0.416 e. The highest BCUT2D eigenvalue weighted by Crippen LogP contribution is 2.35. The first kappa shape index (κ1) is 18.5. The van der Waals surface area contributed by atoms with Crippen LogP contribution in [0.1, 0.15) is 36.8 Å². The third kappa shape index (κ3) is 4.28. The molecule has 2 aliphatic heterocycles. The van der Waals surface area contributed by atoms with Gasteiger partial charge in [-0.3, -0.25) is 9.59 Å². The van der Waals surface area contributed by atoms with Gasteiger partial charge in [0, 0.05) is 18.8 Å². The average molecular weight is 369 g/mol. The first-order valence-corrected chi connectivity index (χ1v) is 8.87. The van der Waals surface area contributed by atoms with Crippen molar-refractivity contribution < 1.29 is 22.8 Å². The lowest BCUT2D eigenvalue weighted by atomic mass is 9.99. The number of amides is 2. The van der Waals surface area contributed by atoms with Crippen LogP contribution in [0.2, 0.25) is 0 Å². The van der Waals surface area contributed by atoms with Gasteiger partial charge < -0.3 is 15.5 Å². The van der Waals surface area contributed by atoms with Crippen molar-refractivity contribution in [2.45, 2.75) is 44.3 Å². The predicted molar refractivity (Wildman–Crippen MR) is 90.8 cm³/mol. The van der Waals surface area contributed by atoms with Crippen LogP contribution >= 0.6 is 0 Å². The maximum atomic E-state index is 12.9. The van der Waals surface area contributed by atoms with E-state index in [0.29, 0.717) is 43.6 Å². The Kier molecular flexibility index (Phi) is 5.38. The van der Waals surface area contributed by atoms with Gasteiger partial charge >= 0.3 is 6.18 Å². The molecule has 142 valence electrons.